The zero-order chi connectivity index (χ0) is 19.9. The van der Waals surface area contributed by atoms with Crippen LogP contribution in [0, 0.1) is 34.5 Å². The van der Waals surface area contributed by atoms with Gasteiger partial charge in [-0.2, -0.15) is 11.8 Å². The third-order valence-electron chi connectivity index (χ3n) is 9.22. The van der Waals surface area contributed by atoms with Crippen LogP contribution in [-0.2, 0) is 4.79 Å². The zero-order valence-corrected chi connectivity index (χ0v) is 18.5. The monoisotopic (exact) mass is 406 g/mol. The van der Waals surface area contributed by atoms with Gasteiger partial charge in [0.25, 0.3) is 0 Å². The van der Waals surface area contributed by atoms with E-state index < -0.39 is 0 Å². The van der Waals surface area contributed by atoms with Crippen LogP contribution in [-0.4, -0.2) is 34.2 Å². The predicted octanol–water partition coefficient (Wildman–Crippen LogP) is 4.88. The highest BCUT2D eigenvalue weighted by Gasteiger charge is 2.61. The number of nitrogens with zero attached hydrogens (tertiary/aromatic N) is 1. The first-order valence-corrected chi connectivity index (χ1v) is 12.5. The van der Waals surface area contributed by atoms with Crippen molar-refractivity contribution >= 4 is 23.3 Å². The van der Waals surface area contributed by atoms with E-state index in [1.165, 1.54) is 31.4 Å². The van der Waals surface area contributed by atoms with E-state index in [0.29, 0.717) is 34.7 Å². The summed E-state index contributed by atoms with van der Waals surface area (Å²) in [6, 6.07) is 0. The average Bonchev–Trinajstić information content (AvgIpc) is 3.00. The van der Waals surface area contributed by atoms with E-state index in [9.17, 15) is 10.0 Å². The molecule has 0 aromatic heterocycles. The van der Waals surface area contributed by atoms with Gasteiger partial charge in [-0.3, -0.25) is 4.79 Å². The van der Waals surface area contributed by atoms with E-state index in [0.717, 1.165) is 50.8 Å². The highest BCUT2D eigenvalue weighted by atomic mass is 32.2. The van der Waals surface area contributed by atoms with Gasteiger partial charge in [0.05, 0.1) is 5.71 Å². The van der Waals surface area contributed by atoms with Gasteiger partial charge in [0.2, 0.25) is 0 Å². The molecule has 0 saturated heterocycles. The molecular formula is C23H38N2O2S. The van der Waals surface area contributed by atoms with Crippen LogP contribution in [0.25, 0.3) is 0 Å². The molecule has 0 bridgehead atoms. The van der Waals surface area contributed by atoms with E-state index in [1.54, 1.807) is 0 Å². The first-order valence-electron chi connectivity index (χ1n) is 11.5. The molecular weight excluding hydrogens is 368 g/mol. The lowest BCUT2D eigenvalue weighted by atomic mass is 9.45. The van der Waals surface area contributed by atoms with Gasteiger partial charge in [-0.15, -0.1) is 0 Å². The van der Waals surface area contributed by atoms with Crippen molar-refractivity contribution < 1.29 is 10.0 Å². The average molecular weight is 407 g/mol. The maximum Gasteiger partial charge on any atom is 0.139 e. The van der Waals surface area contributed by atoms with Gasteiger partial charge >= 0.3 is 0 Å². The smallest absolute Gasteiger partial charge is 0.139 e. The Bertz CT molecular complexity index is 638. The van der Waals surface area contributed by atoms with E-state index in [1.807, 2.05) is 0 Å². The number of oxime groups is 1. The van der Waals surface area contributed by atoms with Crippen molar-refractivity contribution in [3.8, 4) is 0 Å². The van der Waals surface area contributed by atoms with Crippen LogP contribution in [0.3, 0.4) is 0 Å². The summed E-state index contributed by atoms with van der Waals surface area (Å²) in [6.07, 6.45) is 11.0. The number of ketones is 1. The summed E-state index contributed by atoms with van der Waals surface area (Å²) in [4.78, 5) is 12.6. The van der Waals surface area contributed by atoms with E-state index in [-0.39, 0.29) is 10.8 Å². The lowest BCUT2D eigenvalue weighted by Crippen LogP contribution is -2.56. The highest BCUT2D eigenvalue weighted by molar-refractivity contribution is 7.99. The summed E-state index contributed by atoms with van der Waals surface area (Å²) in [5.74, 6) is 3.83. The van der Waals surface area contributed by atoms with Crippen molar-refractivity contribution in [2.24, 2.45) is 45.4 Å². The van der Waals surface area contributed by atoms with Gasteiger partial charge in [-0.1, -0.05) is 19.0 Å². The van der Waals surface area contributed by atoms with E-state index >= 15 is 0 Å². The second kappa shape index (κ2) is 7.94. The van der Waals surface area contributed by atoms with Gasteiger partial charge in [0.15, 0.2) is 0 Å². The van der Waals surface area contributed by atoms with Crippen molar-refractivity contribution in [3.63, 3.8) is 0 Å². The van der Waals surface area contributed by atoms with Crippen molar-refractivity contribution in [2.45, 2.75) is 83.3 Å². The topological polar surface area (TPSA) is 75.7 Å². The molecule has 4 saturated carbocycles. The Kier molecular flexibility index (Phi) is 5.87. The van der Waals surface area contributed by atoms with Gasteiger partial charge in [-0.25, -0.2) is 0 Å². The number of fused-ring (bicyclic) bond motifs is 5. The Labute approximate surface area is 174 Å². The Morgan fingerprint density at radius 2 is 2.00 bits per heavy atom. The van der Waals surface area contributed by atoms with Crippen LogP contribution in [0.2, 0.25) is 0 Å². The lowest BCUT2D eigenvalue weighted by molar-refractivity contribution is -0.133. The fourth-order valence-corrected chi connectivity index (χ4v) is 8.88. The Morgan fingerprint density at radius 3 is 2.75 bits per heavy atom. The number of hydrogen-bond acceptors (Lipinski definition) is 5. The maximum atomic E-state index is 12.6. The van der Waals surface area contributed by atoms with Gasteiger partial charge in [-0.05, 0) is 93.3 Å². The van der Waals surface area contributed by atoms with Gasteiger partial charge < -0.3 is 10.9 Å². The van der Waals surface area contributed by atoms with Crippen LogP contribution < -0.4 is 5.73 Å². The highest BCUT2D eigenvalue weighted by Crippen LogP contribution is 2.65. The molecule has 3 N–H and O–H groups in total. The Hall–Kier alpha value is -0.550. The second-order valence-electron chi connectivity index (χ2n) is 10.4. The molecule has 0 radical (unpaired) electrons. The fourth-order valence-electron chi connectivity index (χ4n) is 7.56. The molecule has 4 nitrogen and oxygen atoms in total. The number of unbranched alkanes of at least 4 members (excludes halogenated alkanes) is 1. The summed E-state index contributed by atoms with van der Waals surface area (Å²) in [5.41, 5.74) is 6.80. The first kappa shape index (κ1) is 20.7. The largest absolute Gasteiger partial charge is 0.411 e. The standard InChI is InChI=1S/C23H38N2O2S/c1-22-9-7-15(28-12-4-3-11-24)13-19(22)20(25-27)14-16-17-5-6-21(26)23(17,2)10-8-18(16)22/h15-19,27H,3-14,24H2,1-2H3/b25-20+/t15-,16+,17+,18+,19?,22-,23+/m1/s1. The molecule has 4 fully saturated rings. The lowest BCUT2D eigenvalue weighted by Gasteiger charge is -2.60. The van der Waals surface area contributed by atoms with Crippen molar-refractivity contribution in [1.29, 1.82) is 0 Å². The minimum absolute atomic E-state index is 0.110. The van der Waals surface area contributed by atoms with Gasteiger partial charge in [0.1, 0.15) is 5.78 Å². The van der Waals surface area contributed by atoms with Crippen LogP contribution in [0.15, 0.2) is 5.16 Å². The number of thioether (sulfide) groups is 1. The van der Waals surface area contributed by atoms with Gasteiger partial charge in [0, 0.05) is 23.0 Å². The molecule has 4 aliphatic carbocycles. The normalized spacial score (nSPS) is 46.9. The molecule has 0 aromatic rings. The molecule has 0 aromatic carbocycles. The molecule has 0 spiro atoms. The summed E-state index contributed by atoms with van der Waals surface area (Å²) in [6.45, 7) is 5.50. The number of hydrogen-bond donors (Lipinski definition) is 2. The van der Waals surface area contributed by atoms with Crippen molar-refractivity contribution in [1.82, 2.24) is 0 Å². The fraction of sp³-hybridized carbons (Fsp3) is 0.913. The molecule has 0 aliphatic heterocycles. The molecule has 4 rings (SSSR count). The second-order valence-corrected chi connectivity index (χ2v) is 11.8. The quantitative estimate of drug-likeness (QED) is 0.388. The van der Waals surface area contributed by atoms with Crippen LogP contribution >= 0.6 is 11.8 Å². The number of carbonyl (C=O) groups is 1. The number of nitrogens with two attached hydrogens (primary N) is 1. The van der Waals surface area contributed by atoms with Crippen LogP contribution in [0.1, 0.15) is 78.1 Å². The molecule has 0 heterocycles. The first-order chi connectivity index (χ1) is 13.4. The summed E-state index contributed by atoms with van der Waals surface area (Å²) < 4.78 is 0. The van der Waals surface area contributed by atoms with Crippen molar-refractivity contribution in [2.75, 3.05) is 12.3 Å². The predicted molar refractivity (Wildman–Crippen MR) is 116 cm³/mol. The summed E-state index contributed by atoms with van der Waals surface area (Å²) >= 11 is 2.11. The van der Waals surface area contributed by atoms with Crippen LogP contribution in [0.4, 0.5) is 0 Å². The summed E-state index contributed by atoms with van der Waals surface area (Å²) in [7, 11) is 0. The SMILES string of the molecule is C[C@]12CC[C@@H](SCCCCN)CC1/C(=N/O)C[C@@H]1[C@@H]2CC[C@]2(C)C(=O)CC[C@@H]12. The molecule has 158 valence electrons. The molecule has 4 aliphatic rings. The molecule has 0 amide bonds. The molecule has 1 unspecified atom stereocenters. The third-order valence-corrected chi connectivity index (χ3v) is 10.6. The summed E-state index contributed by atoms with van der Waals surface area (Å²) in [5, 5.41) is 14.5. The van der Waals surface area contributed by atoms with E-state index in [4.69, 9.17) is 5.73 Å². The number of rotatable bonds is 5. The minimum Gasteiger partial charge on any atom is -0.411 e. The van der Waals surface area contributed by atoms with Crippen molar-refractivity contribution in [3.05, 3.63) is 0 Å². The molecule has 7 atom stereocenters. The zero-order valence-electron chi connectivity index (χ0n) is 17.7. The van der Waals surface area contributed by atoms with Crippen LogP contribution in [0.5, 0.6) is 0 Å². The number of carbonyl (C=O) groups excluding carboxylic acids is 1. The third kappa shape index (κ3) is 3.25. The molecule has 5 heteroatoms. The maximum absolute atomic E-state index is 12.6. The Balaban J connectivity index is 1.52. The Morgan fingerprint density at radius 1 is 1.18 bits per heavy atom. The van der Waals surface area contributed by atoms with E-state index in [2.05, 4.69) is 30.8 Å². The molecule has 28 heavy (non-hydrogen) atoms. The minimum atomic E-state index is -0.110. The number of Topliss-reactive ketones (excluding diaryl/α,β-unsaturated/α-hetero) is 1.